The summed E-state index contributed by atoms with van der Waals surface area (Å²) >= 11 is 0. The molecule has 0 spiro atoms. The number of methoxy groups -OCH3 is 1. The highest BCUT2D eigenvalue weighted by Crippen LogP contribution is 2.21. The van der Waals surface area contributed by atoms with Crippen LogP contribution in [0.2, 0.25) is 0 Å². The van der Waals surface area contributed by atoms with Crippen LogP contribution >= 0.6 is 0 Å². The van der Waals surface area contributed by atoms with Crippen LogP contribution in [0.3, 0.4) is 0 Å². The standard InChI is InChI=1S/C16H20N8O/c1-25-10-12-8-15(24-16(21-12)19-11-20-24)23-6-4-22(5-7-23)13-2-3-14(17)18-9-13/h2-3,8-9,11H,4-7,10H2,1H3,(H2,17,18). The number of hydrogen-bond acceptors (Lipinski definition) is 8. The topological polar surface area (TPSA) is 97.7 Å². The maximum atomic E-state index is 5.67. The fourth-order valence-corrected chi connectivity index (χ4v) is 3.07. The molecule has 0 unspecified atom stereocenters. The van der Waals surface area contributed by atoms with Gasteiger partial charge in [-0.1, -0.05) is 0 Å². The predicted octanol–water partition coefficient (Wildman–Crippen LogP) is 0.575. The van der Waals surface area contributed by atoms with Gasteiger partial charge in [0.25, 0.3) is 5.78 Å². The van der Waals surface area contributed by atoms with E-state index in [1.807, 2.05) is 24.4 Å². The molecule has 0 saturated carbocycles. The van der Waals surface area contributed by atoms with Gasteiger partial charge in [-0.3, -0.25) is 0 Å². The maximum Gasteiger partial charge on any atom is 0.254 e. The minimum atomic E-state index is 0.452. The van der Waals surface area contributed by atoms with Crippen LogP contribution in [0.4, 0.5) is 17.3 Å². The van der Waals surface area contributed by atoms with Gasteiger partial charge >= 0.3 is 0 Å². The Labute approximate surface area is 145 Å². The van der Waals surface area contributed by atoms with E-state index in [-0.39, 0.29) is 0 Å². The average molecular weight is 340 g/mol. The highest BCUT2D eigenvalue weighted by molar-refractivity contribution is 5.52. The Hall–Kier alpha value is -2.94. The van der Waals surface area contributed by atoms with Gasteiger partial charge in [0.05, 0.1) is 24.2 Å². The molecule has 3 aromatic heterocycles. The van der Waals surface area contributed by atoms with E-state index in [4.69, 9.17) is 10.5 Å². The quantitative estimate of drug-likeness (QED) is 0.736. The van der Waals surface area contributed by atoms with E-state index in [9.17, 15) is 0 Å². The lowest BCUT2D eigenvalue weighted by Gasteiger charge is -2.37. The van der Waals surface area contributed by atoms with Gasteiger partial charge in [-0.05, 0) is 12.1 Å². The molecule has 9 heteroatoms. The molecule has 4 heterocycles. The van der Waals surface area contributed by atoms with Gasteiger partial charge in [0.2, 0.25) is 0 Å². The third kappa shape index (κ3) is 3.05. The third-order valence-corrected chi connectivity index (χ3v) is 4.32. The highest BCUT2D eigenvalue weighted by Gasteiger charge is 2.21. The van der Waals surface area contributed by atoms with E-state index in [1.165, 1.54) is 6.33 Å². The van der Waals surface area contributed by atoms with Crippen molar-refractivity contribution in [1.29, 1.82) is 0 Å². The monoisotopic (exact) mass is 340 g/mol. The third-order valence-electron chi connectivity index (χ3n) is 4.32. The van der Waals surface area contributed by atoms with Crippen molar-refractivity contribution < 1.29 is 4.74 Å². The van der Waals surface area contributed by atoms with Crippen LogP contribution in [0.1, 0.15) is 5.69 Å². The summed E-state index contributed by atoms with van der Waals surface area (Å²) in [6.07, 6.45) is 3.35. The van der Waals surface area contributed by atoms with Crippen molar-refractivity contribution in [2.45, 2.75) is 6.61 Å². The van der Waals surface area contributed by atoms with Crippen LogP contribution in [-0.2, 0) is 11.3 Å². The SMILES string of the molecule is COCc1cc(N2CCN(c3ccc(N)nc3)CC2)n2ncnc2n1. The number of rotatable bonds is 4. The van der Waals surface area contributed by atoms with E-state index in [0.29, 0.717) is 18.2 Å². The summed E-state index contributed by atoms with van der Waals surface area (Å²) in [5, 5.41) is 4.31. The summed E-state index contributed by atoms with van der Waals surface area (Å²) in [5.74, 6) is 2.12. The lowest BCUT2D eigenvalue weighted by molar-refractivity contribution is 0.181. The molecular formula is C16H20N8O. The number of piperazine rings is 1. The Morgan fingerprint density at radius 2 is 1.92 bits per heavy atom. The number of ether oxygens (including phenoxy) is 1. The summed E-state index contributed by atoms with van der Waals surface area (Å²) in [4.78, 5) is 17.4. The zero-order valence-electron chi connectivity index (χ0n) is 14.0. The Balaban J connectivity index is 1.55. The van der Waals surface area contributed by atoms with Crippen molar-refractivity contribution in [2.24, 2.45) is 0 Å². The van der Waals surface area contributed by atoms with E-state index < -0.39 is 0 Å². The first-order valence-corrected chi connectivity index (χ1v) is 8.14. The number of nitrogens with zero attached hydrogens (tertiary/aromatic N) is 7. The molecule has 0 aromatic carbocycles. The van der Waals surface area contributed by atoms with Crippen molar-refractivity contribution in [3.8, 4) is 0 Å². The fraction of sp³-hybridized carbons (Fsp3) is 0.375. The van der Waals surface area contributed by atoms with Crippen molar-refractivity contribution >= 4 is 23.1 Å². The number of nitrogens with two attached hydrogens (primary N) is 1. The Bertz CT molecular complexity index is 854. The first-order valence-electron chi connectivity index (χ1n) is 8.14. The fourth-order valence-electron chi connectivity index (χ4n) is 3.07. The van der Waals surface area contributed by atoms with Crippen molar-refractivity contribution in [3.05, 3.63) is 36.4 Å². The summed E-state index contributed by atoms with van der Waals surface area (Å²) < 4.78 is 6.99. The highest BCUT2D eigenvalue weighted by atomic mass is 16.5. The zero-order chi connectivity index (χ0) is 17.2. The Kier molecular flexibility index (Phi) is 4.06. The van der Waals surface area contributed by atoms with E-state index in [0.717, 1.165) is 43.4 Å². The molecule has 0 aliphatic carbocycles. The first kappa shape index (κ1) is 15.6. The summed E-state index contributed by atoms with van der Waals surface area (Å²) in [6, 6.07) is 5.86. The van der Waals surface area contributed by atoms with Gasteiger partial charge < -0.3 is 20.3 Å². The zero-order valence-corrected chi connectivity index (χ0v) is 14.0. The first-order chi connectivity index (χ1) is 12.2. The second-order valence-electron chi connectivity index (χ2n) is 5.93. The Morgan fingerprint density at radius 3 is 2.64 bits per heavy atom. The van der Waals surface area contributed by atoms with Gasteiger partial charge in [-0.15, -0.1) is 0 Å². The molecule has 1 aliphatic rings. The summed E-state index contributed by atoms with van der Waals surface area (Å²) in [5.41, 5.74) is 7.61. The molecule has 0 radical (unpaired) electrons. The number of aromatic nitrogens is 5. The van der Waals surface area contributed by atoms with Crippen molar-refractivity contribution in [1.82, 2.24) is 24.6 Å². The van der Waals surface area contributed by atoms with Gasteiger partial charge in [0, 0.05) is 39.4 Å². The van der Waals surface area contributed by atoms with Crippen LogP contribution in [0.25, 0.3) is 5.78 Å². The molecule has 25 heavy (non-hydrogen) atoms. The van der Waals surface area contributed by atoms with Crippen molar-refractivity contribution in [3.63, 3.8) is 0 Å². The second-order valence-corrected chi connectivity index (χ2v) is 5.93. The second kappa shape index (κ2) is 6.52. The molecule has 0 amide bonds. The smallest absolute Gasteiger partial charge is 0.254 e. The molecule has 3 aromatic rings. The van der Waals surface area contributed by atoms with Gasteiger partial charge in [-0.2, -0.15) is 14.6 Å². The molecular weight excluding hydrogens is 320 g/mol. The van der Waals surface area contributed by atoms with Crippen LogP contribution < -0.4 is 15.5 Å². The van der Waals surface area contributed by atoms with Gasteiger partial charge in [-0.25, -0.2) is 9.97 Å². The van der Waals surface area contributed by atoms with Crippen LogP contribution in [-0.4, -0.2) is 57.9 Å². The van der Waals surface area contributed by atoms with E-state index in [1.54, 1.807) is 11.6 Å². The Morgan fingerprint density at radius 1 is 1.12 bits per heavy atom. The molecule has 130 valence electrons. The number of anilines is 3. The number of hydrogen-bond donors (Lipinski definition) is 1. The number of fused-ring (bicyclic) bond motifs is 1. The lowest BCUT2D eigenvalue weighted by atomic mass is 10.2. The summed E-state index contributed by atoms with van der Waals surface area (Å²) in [7, 11) is 1.66. The molecule has 1 aliphatic heterocycles. The largest absolute Gasteiger partial charge is 0.384 e. The van der Waals surface area contributed by atoms with Crippen LogP contribution in [0.15, 0.2) is 30.7 Å². The predicted molar refractivity (Wildman–Crippen MR) is 94.6 cm³/mol. The minimum Gasteiger partial charge on any atom is -0.384 e. The molecule has 1 fully saturated rings. The normalized spacial score (nSPS) is 15.1. The van der Waals surface area contributed by atoms with Gasteiger partial charge in [0.15, 0.2) is 0 Å². The maximum absolute atomic E-state index is 5.67. The van der Waals surface area contributed by atoms with E-state index >= 15 is 0 Å². The van der Waals surface area contributed by atoms with Crippen LogP contribution in [0.5, 0.6) is 0 Å². The lowest BCUT2D eigenvalue weighted by Crippen LogP contribution is -2.47. The molecule has 9 nitrogen and oxygen atoms in total. The number of pyridine rings is 1. The molecule has 4 rings (SSSR count). The minimum absolute atomic E-state index is 0.452. The summed E-state index contributed by atoms with van der Waals surface area (Å²) in [6.45, 7) is 3.98. The molecule has 0 atom stereocenters. The molecule has 1 saturated heterocycles. The van der Waals surface area contributed by atoms with Crippen molar-refractivity contribution in [2.75, 3.05) is 48.8 Å². The molecule has 0 bridgehead atoms. The molecule has 2 N–H and O–H groups in total. The number of nitrogen functional groups attached to an aromatic ring is 1. The average Bonchev–Trinajstić information content (AvgIpc) is 3.11. The van der Waals surface area contributed by atoms with E-state index in [2.05, 4.69) is 29.9 Å². The van der Waals surface area contributed by atoms with Crippen LogP contribution in [0, 0.1) is 0 Å². The van der Waals surface area contributed by atoms with Gasteiger partial charge in [0.1, 0.15) is 18.0 Å².